The molecular formula is C23H29N3O6. The average molecular weight is 444 g/mol. The molecule has 9 nitrogen and oxygen atoms in total. The number of nitrogens with zero attached hydrogens (tertiary/aromatic N) is 3. The summed E-state index contributed by atoms with van der Waals surface area (Å²) in [5.41, 5.74) is 0.806. The van der Waals surface area contributed by atoms with Crippen LogP contribution in [-0.4, -0.2) is 84.3 Å². The summed E-state index contributed by atoms with van der Waals surface area (Å²) < 4.78 is 11.1. The van der Waals surface area contributed by atoms with Gasteiger partial charge in [-0.3, -0.25) is 24.1 Å². The molecule has 0 radical (unpaired) electrons. The van der Waals surface area contributed by atoms with Crippen molar-refractivity contribution in [1.29, 1.82) is 0 Å². The van der Waals surface area contributed by atoms with Gasteiger partial charge in [-0.15, -0.1) is 0 Å². The fourth-order valence-corrected chi connectivity index (χ4v) is 3.62. The van der Waals surface area contributed by atoms with E-state index in [-0.39, 0.29) is 49.1 Å². The quantitative estimate of drug-likeness (QED) is 0.466. The van der Waals surface area contributed by atoms with Gasteiger partial charge in [0.1, 0.15) is 6.54 Å². The van der Waals surface area contributed by atoms with Gasteiger partial charge in [-0.05, 0) is 37.6 Å². The Morgan fingerprint density at radius 3 is 2.22 bits per heavy atom. The molecule has 4 amide bonds. The zero-order valence-corrected chi connectivity index (χ0v) is 18.7. The molecule has 0 unspecified atom stereocenters. The maximum absolute atomic E-state index is 12.6. The van der Waals surface area contributed by atoms with Crippen LogP contribution < -0.4 is 9.47 Å². The van der Waals surface area contributed by atoms with Gasteiger partial charge in [0.2, 0.25) is 23.6 Å². The highest BCUT2D eigenvalue weighted by atomic mass is 16.5. The van der Waals surface area contributed by atoms with Crippen molar-refractivity contribution in [2.45, 2.75) is 32.8 Å². The molecule has 0 aliphatic carbocycles. The number of piperazine rings is 1. The normalized spacial score (nSPS) is 16.9. The lowest BCUT2D eigenvalue weighted by Crippen LogP contribution is -2.52. The third kappa shape index (κ3) is 5.66. The van der Waals surface area contributed by atoms with Gasteiger partial charge in [0.15, 0.2) is 11.5 Å². The Morgan fingerprint density at radius 2 is 1.62 bits per heavy atom. The Morgan fingerprint density at radius 1 is 1.00 bits per heavy atom. The Bertz CT molecular complexity index is 902. The van der Waals surface area contributed by atoms with Crippen LogP contribution in [0.4, 0.5) is 0 Å². The van der Waals surface area contributed by atoms with E-state index in [9.17, 15) is 19.2 Å². The van der Waals surface area contributed by atoms with Crippen LogP contribution in [0.25, 0.3) is 6.08 Å². The van der Waals surface area contributed by atoms with Crippen molar-refractivity contribution in [3.8, 4) is 11.5 Å². The summed E-state index contributed by atoms with van der Waals surface area (Å²) in [5.74, 6) is 0.209. The largest absolute Gasteiger partial charge is 0.493 e. The van der Waals surface area contributed by atoms with Crippen LogP contribution in [0, 0.1) is 0 Å². The third-order valence-electron chi connectivity index (χ3n) is 5.36. The van der Waals surface area contributed by atoms with Gasteiger partial charge in [-0.2, -0.15) is 0 Å². The topological polar surface area (TPSA) is 96.5 Å². The Kier molecular flexibility index (Phi) is 7.50. The molecule has 2 saturated heterocycles. The van der Waals surface area contributed by atoms with Crippen molar-refractivity contribution < 1.29 is 28.7 Å². The van der Waals surface area contributed by atoms with E-state index in [1.54, 1.807) is 29.1 Å². The third-order valence-corrected chi connectivity index (χ3v) is 5.36. The number of ether oxygens (including phenoxy) is 2. The van der Waals surface area contributed by atoms with Crippen molar-refractivity contribution in [2.24, 2.45) is 0 Å². The number of rotatable bonds is 7. The second-order valence-corrected chi connectivity index (χ2v) is 7.99. The standard InChI is InChI=1S/C23H29N3O6/c1-16(2)32-18-6-4-17(14-19(18)31-3)5-7-20(27)24-10-12-25(13-11-24)23(30)15-26-21(28)8-9-22(26)29/h4-7,14,16H,8-13,15H2,1-3H3/b7-5+. The Labute approximate surface area is 187 Å². The van der Waals surface area contributed by atoms with E-state index in [1.165, 1.54) is 6.08 Å². The van der Waals surface area contributed by atoms with Crippen molar-refractivity contribution in [3.63, 3.8) is 0 Å². The van der Waals surface area contributed by atoms with Crippen LogP contribution in [-0.2, 0) is 19.2 Å². The highest BCUT2D eigenvalue weighted by molar-refractivity contribution is 6.04. The molecule has 32 heavy (non-hydrogen) atoms. The van der Waals surface area contributed by atoms with Crippen LogP contribution in [0.2, 0.25) is 0 Å². The lowest BCUT2D eigenvalue weighted by molar-refractivity contribution is -0.146. The second-order valence-electron chi connectivity index (χ2n) is 7.99. The maximum Gasteiger partial charge on any atom is 0.246 e. The van der Waals surface area contributed by atoms with Crippen molar-refractivity contribution >= 4 is 29.7 Å². The van der Waals surface area contributed by atoms with Crippen molar-refractivity contribution in [3.05, 3.63) is 29.8 Å². The first-order valence-corrected chi connectivity index (χ1v) is 10.7. The summed E-state index contributed by atoms with van der Waals surface area (Å²) in [6.45, 7) is 5.16. The number of likely N-dealkylation sites (tertiary alicyclic amines) is 1. The highest BCUT2D eigenvalue weighted by Gasteiger charge is 2.32. The molecule has 0 atom stereocenters. The predicted molar refractivity (Wildman–Crippen MR) is 117 cm³/mol. The van der Waals surface area contributed by atoms with Crippen LogP contribution in [0.3, 0.4) is 0 Å². The Balaban J connectivity index is 1.52. The number of carbonyl (C=O) groups is 4. The van der Waals surface area contributed by atoms with E-state index in [1.807, 2.05) is 26.0 Å². The van der Waals surface area contributed by atoms with Crippen LogP contribution in [0.15, 0.2) is 24.3 Å². The molecule has 2 fully saturated rings. The van der Waals surface area contributed by atoms with Gasteiger partial charge in [-0.1, -0.05) is 6.07 Å². The summed E-state index contributed by atoms with van der Waals surface area (Å²) in [4.78, 5) is 52.7. The van der Waals surface area contributed by atoms with Crippen molar-refractivity contribution in [2.75, 3.05) is 39.8 Å². The molecule has 2 heterocycles. The van der Waals surface area contributed by atoms with Gasteiger partial charge in [0.05, 0.1) is 13.2 Å². The highest BCUT2D eigenvalue weighted by Crippen LogP contribution is 2.29. The molecule has 1 aromatic carbocycles. The monoisotopic (exact) mass is 443 g/mol. The molecule has 0 aromatic heterocycles. The van der Waals surface area contributed by atoms with E-state index in [0.29, 0.717) is 37.7 Å². The van der Waals surface area contributed by atoms with E-state index in [2.05, 4.69) is 0 Å². The number of hydrogen-bond acceptors (Lipinski definition) is 6. The molecule has 0 bridgehead atoms. The molecule has 2 aliphatic heterocycles. The maximum atomic E-state index is 12.6. The molecule has 172 valence electrons. The van der Waals surface area contributed by atoms with Crippen LogP contribution in [0.1, 0.15) is 32.3 Å². The van der Waals surface area contributed by atoms with Gasteiger partial charge in [0.25, 0.3) is 0 Å². The molecule has 0 spiro atoms. The van der Waals surface area contributed by atoms with E-state index < -0.39 is 0 Å². The van der Waals surface area contributed by atoms with Crippen molar-refractivity contribution in [1.82, 2.24) is 14.7 Å². The molecule has 2 aliphatic rings. The van der Waals surface area contributed by atoms with Gasteiger partial charge < -0.3 is 19.3 Å². The first kappa shape index (κ1) is 23.3. The zero-order valence-electron chi connectivity index (χ0n) is 18.7. The number of carbonyl (C=O) groups excluding carboxylic acids is 4. The first-order valence-electron chi connectivity index (χ1n) is 10.7. The molecule has 9 heteroatoms. The smallest absolute Gasteiger partial charge is 0.246 e. The SMILES string of the molecule is COc1cc(/C=C/C(=O)N2CCN(C(=O)CN3C(=O)CCC3=O)CC2)ccc1OC(C)C. The molecular weight excluding hydrogens is 414 g/mol. The number of benzene rings is 1. The molecule has 1 aromatic rings. The van der Waals surface area contributed by atoms with Gasteiger partial charge >= 0.3 is 0 Å². The van der Waals surface area contributed by atoms with E-state index in [0.717, 1.165) is 10.5 Å². The number of methoxy groups -OCH3 is 1. The minimum absolute atomic E-state index is 0.0220. The summed E-state index contributed by atoms with van der Waals surface area (Å²) in [5, 5.41) is 0. The summed E-state index contributed by atoms with van der Waals surface area (Å²) >= 11 is 0. The van der Waals surface area contributed by atoms with E-state index >= 15 is 0 Å². The average Bonchev–Trinajstić information content (AvgIpc) is 3.09. The molecule has 3 rings (SSSR count). The summed E-state index contributed by atoms with van der Waals surface area (Å²) in [6, 6.07) is 5.46. The second kappa shape index (κ2) is 10.3. The summed E-state index contributed by atoms with van der Waals surface area (Å²) in [7, 11) is 1.57. The minimum atomic E-state index is -0.303. The van der Waals surface area contributed by atoms with E-state index in [4.69, 9.17) is 9.47 Å². The molecule has 0 N–H and O–H groups in total. The first-order chi connectivity index (χ1) is 15.3. The number of imide groups is 1. The van der Waals surface area contributed by atoms with Crippen LogP contribution >= 0.6 is 0 Å². The fourth-order valence-electron chi connectivity index (χ4n) is 3.62. The van der Waals surface area contributed by atoms with Gasteiger partial charge in [0, 0.05) is 45.1 Å². The number of amides is 4. The zero-order chi connectivity index (χ0) is 23.3. The lowest BCUT2D eigenvalue weighted by Gasteiger charge is -2.34. The summed E-state index contributed by atoms with van der Waals surface area (Å²) in [6.07, 6.45) is 3.57. The molecule has 0 saturated carbocycles. The lowest BCUT2D eigenvalue weighted by atomic mass is 10.1. The van der Waals surface area contributed by atoms with Crippen LogP contribution in [0.5, 0.6) is 11.5 Å². The fraction of sp³-hybridized carbons (Fsp3) is 0.478. The number of hydrogen-bond donors (Lipinski definition) is 0. The predicted octanol–water partition coefficient (Wildman–Crippen LogP) is 1.32. The minimum Gasteiger partial charge on any atom is -0.493 e. The Hall–Kier alpha value is -3.36. The van der Waals surface area contributed by atoms with Gasteiger partial charge in [-0.25, -0.2) is 0 Å².